The first-order valence-electron chi connectivity index (χ1n) is 5.56. The summed E-state index contributed by atoms with van der Waals surface area (Å²) in [6.45, 7) is 4.12. The van der Waals surface area contributed by atoms with Crippen molar-refractivity contribution in [1.82, 2.24) is 0 Å². The molecule has 0 rings (SSSR count). The van der Waals surface area contributed by atoms with Crippen molar-refractivity contribution in [3.63, 3.8) is 0 Å². The van der Waals surface area contributed by atoms with E-state index in [-0.39, 0.29) is 12.2 Å². The summed E-state index contributed by atoms with van der Waals surface area (Å²) in [5.41, 5.74) is 0. The van der Waals surface area contributed by atoms with Gasteiger partial charge in [-0.15, -0.1) is 0 Å². The van der Waals surface area contributed by atoms with E-state index in [0.717, 1.165) is 19.3 Å². The smallest absolute Gasteiger partial charge is 0.0564 e. The first-order chi connectivity index (χ1) is 6.20. The molecule has 2 N–H and O–H groups in total. The van der Waals surface area contributed by atoms with Crippen LogP contribution in [0.3, 0.4) is 0 Å². The molecule has 0 amide bonds. The molecule has 0 saturated heterocycles. The van der Waals surface area contributed by atoms with Gasteiger partial charge in [-0.05, 0) is 19.3 Å². The third-order valence-electron chi connectivity index (χ3n) is 2.41. The van der Waals surface area contributed by atoms with Crippen LogP contribution in [0, 0.1) is 0 Å². The van der Waals surface area contributed by atoms with Crippen molar-refractivity contribution in [3.05, 3.63) is 0 Å². The molecule has 0 radical (unpaired) electrons. The van der Waals surface area contributed by atoms with Gasteiger partial charge < -0.3 is 10.2 Å². The Bertz CT molecular complexity index is 104. The normalized spacial score (nSPS) is 15.7. The average molecular weight is 188 g/mol. The zero-order valence-electron chi connectivity index (χ0n) is 9.00. The molecule has 2 nitrogen and oxygen atoms in total. The van der Waals surface area contributed by atoms with E-state index in [0.29, 0.717) is 6.42 Å². The highest BCUT2D eigenvalue weighted by atomic mass is 16.3. The van der Waals surface area contributed by atoms with E-state index in [1.165, 1.54) is 19.3 Å². The average Bonchev–Trinajstić information content (AvgIpc) is 2.12. The van der Waals surface area contributed by atoms with Crippen molar-refractivity contribution in [1.29, 1.82) is 0 Å². The van der Waals surface area contributed by atoms with Crippen LogP contribution in [0.4, 0.5) is 0 Å². The Balaban J connectivity index is 3.24. The number of aliphatic hydroxyl groups is 2. The molecule has 13 heavy (non-hydrogen) atoms. The van der Waals surface area contributed by atoms with Gasteiger partial charge in [0.1, 0.15) is 0 Å². The molecule has 0 spiro atoms. The van der Waals surface area contributed by atoms with E-state index in [1.807, 2.05) is 6.92 Å². The van der Waals surface area contributed by atoms with Crippen molar-refractivity contribution in [2.75, 3.05) is 0 Å². The summed E-state index contributed by atoms with van der Waals surface area (Å²) in [4.78, 5) is 0. The predicted molar refractivity (Wildman–Crippen MR) is 55.7 cm³/mol. The molecule has 0 heterocycles. The SMILES string of the molecule is CCCCCC[C@H](O)C[C@@H](O)CC. The van der Waals surface area contributed by atoms with E-state index in [4.69, 9.17) is 0 Å². The maximum atomic E-state index is 9.49. The van der Waals surface area contributed by atoms with Gasteiger partial charge in [0.25, 0.3) is 0 Å². The number of hydrogen-bond acceptors (Lipinski definition) is 2. The molecule has 80 valence electrons. The summed E-state index contributed by atoms with van der Waals surface area (Å²) in [7, 11) is 0. The zero-order chi connectivity index (χ0) is 10.1. The van der Waals surface area contributed by atoms with Crippen LogP contribution in [-0.4, -0.2) is 22.4 Å². The van der Waals surface area contributed by atoms with Crippen LogP contribution < -0.4 is 0 Å². The molecule has 0 saturated carbocycles. The molecule has 0 aromatic heterocycles. The Morgan fingerprint density at radius 2 is 1.62 bits per heavy atom. The molecule has 0 aliphatic rings. The fourth-order valence-electron chi connectivity index (χ4n) is 1.41. The molecule has 0 aromatic rings. The third kappa shape index (κ3) is 8.26. The lowest BCUT2D eigenvalue weighted by Crippen LogP contribution is -2.16. The summed E-state index contributed by atoms with van der Waals surface area (Å²) in [6.07, 6.45) is 6.29. The lowest BCUT2D eigenvalue weighted by atomic mass is 10.0. The number of rotatable bonds is 8. The van der Waals surface area contributed by atoms with Gasteiger partial charge in [0.05, 0.1) is 12.2 Å². The monoisotopic (exact) mass is 188 g/mol. The number of hydrogen-bond donors (Lipinski definition) is 2. The Morgan fingerprint density at radius 3 is 2.15 bits per heavy atom. The first kappa shape index (κ1) is 12.9. The highest BCUT2D eigenvalue weighted by molar-refractivity contribution is 4.62. The quantitative estimate of drug-likeness (QED) is 0.574. The van der Waals surface area contributed by atoms with E-state index in [1.54, 1.807) is 0 Å². The van der Waals surface area contributed by atoms with Crippen LogP contribution in [0.2, 0.25) is 0 Å². The first-order valence-corrected chi connectivity index (χ1v) is 5.56. The predicted octanol–water partition coefficient (Wildman–Crippen LogP) is 2.48. The Morgan fingerprint density at radius 1 is 0.923 bits per heavy atom. The van der Waals surface area contributed by atoms with Gasteiger partial charge in [-0.3, -0.25) is 0 Å². The summed E-state index contributed by atoms with van der Waals surface area (Å²) in [6, 6.07) is 0. The Hall–Kier alpha value is -0.0800. The van der Waals surface area contributed by atoms with E-state index in [9.17, 15) is 10.2 Å². The topological polar surface area (TPSA) is 40.5 Å². The Kier molecular flexibility index (Phi) is 8.46. The van der Waals surface area contributed by atoms with Gasteiger partial charge in [-0.25, -0.2) is 0 Å². The highest BCUT2D eigenvalue weighted by Crippen LogP contribution is 2.10. The van der Waals surface area contributed by atoms with Crippen molar-refractivity contribution in [2.45, 2.75) is 71.0 Å². The molecular formula is C11H24O2. The molecule has 0 fully saturated rings. The second kappa shape index (κ2) is 8.52. The molecule has 0 aromatic carbocycles. The molecule has 0 bridgehead atoms. The van der Waals surface area contributed by atoms with Crippen LogP contribution in [0.5, 0.6) is 0 Å². The minimum absolute atomic E-state index is 0.299. The molecule has 2 heteroatoms. The van der Waals surface area contributed by atoms with Gasteiger partial charge >= 0.3 is 0 Å². The Labute approximate surface area is 82.0 Å². The van der Waals surface area contributed by atoms with Crippen molar-refractivity contribution in [2.24, 2.45) is 0 Å². The van der Waals surface area contributed by atoms with E-state index < -0.39 is 0 Å². The zero-order valence-corrected chi connectivity index (χ0v) is 9.00. The number of aliphatic hydroxyl groups excluding tert-OH is 2. The second-order valence-corrected chi connectivity index (χ2v) is 3.80. The summed E-state index contributed by atoms with van der Waals surface area (Å²) >= 11 is 0. The van der Waals surface area contributed by atoms with Gasteiger partial charge in [0.2, 0.25) is 0 Å². The molecule has 0 aliphatic carbocycles. The minimum Gasteiger partial charge on any atom is -0.393 e. The van der Waals surface area contributed by atoms with Crippen molar-refractivity contribution in [3.8, 4) is 0 Å². The highest BCUT2D eigenvalue weighted by Gasteiger charge is 2.09. The minimum atomic E-state index is -0.318. The summed E-state index contributed by atoms with van der Waals surface area (Å²) in [5.74, 6) is 0. The second-order valence-electron chi connectivity index (χ2n) is 3.80. The van der Waals surface area contributed by atoms with Crippen LogP contribution in [0.25, 0.3) is 0 Å². The molecule has 0 unspecified atom stereocenters. The van der Waals surface area contributed by atoms with Gasteiger partial charge in [-0.1, -0.05) is 39.5 Å². The lowest BCUT2D eigenvalue weighted by Gasteiger charge is -2.13. The van der Waals surface area contributed by atoms with Crippen molar-refractivity contribution < 1.29 is 10.2 Å². The molecule has 0 aliphatic heterocycles. The fourth-order valence-corrected chi connectivity index (χ4v) is 1.41. The van der Waals surface area contributed by atoms with Crippen molar-refractivity contribution >= 4 is 0 Å². The lowest BCUT2D eigenvalue weighted by molar-refractivity contribution is 0.0722. The van der Waals surface area contributed by atoms with Crippen LogP contribution in [-0.2, 0) is 0 Å². The largest absolute Gasteiger partial charge is 0.393 e. The molecule has 2 atom stereocenters. The van der Waals surface area contributed by atoms with Gasteiger partial charge in [0, 0.05) is 0 Å². The maximum absolute atomic E-state index is 9.49. The maximum Gasteiger partial charge on any atom is 0.0564 e. The fraction of sp³-hybridized carbons (Fsp3) is 1.00. The van der Waals surface area contributed by atoms with Gasteiger partial charge in [-0.2, -0.15) is 0 Å². The van der Waals surface area contributed by atoms with E-state index in [2.05, 4.69) is 6.92 Å². The van der Waals surface area contributed by atoms with E-state index >= 15 is 0 Å². The number of unbranched alkanes of at least 4 members (excludes halogenated alkanes) is 3. The molecular weight excluding hydrogens is 164 g/mol. The van der Waals surface area contributed by atoms with Gasteiger partial charge in [0.15, 0.2) is 0 Å². The summed E-state index contributed by atoms with van der Waals surface area (Å²) in [5, 5.41) is 18.8. The third-order valence-corrected chi connectivity index (χ3v) is 2.41. The standard InChI is InChI=1S/C11H24O2/c1-3-5-6-7-8-11(13)9-10(12)4-2/h10-13H,3-9H2,1-2H3/t10-,11-/m0/s1. The van der Waals surface area contributed by atoms with Crippen LogP contribution in [0.1, 0.15) is 58.8 Å². The summed E-state index contributed by atoms with van der Waals surface area (Å²) < 4.78 is 0. The van der Waals surface area contributed by atoms with Crippen LogP contribution >= 0.6 is 0 Å². The van der Waals surface area contributed by atoms with Crippen LogP contribution in [0.15, 0.2) is 0 Å².